The molecule has 2 aromatic carbocycles. The van der Waals surface area contributed by atoms with Crippen LogP contribution in [0.15, 0.2) is 59.8 Å². The van der Waals surface area contributed by atoms with Crippen molar-refractivity contribution in [1.82, 2.24) is 9.78 Å². The number of anilines is 1. The Balaban J connectivity index is 2.13. The molecule has 0 fully saturated rings. The first-order chi connectivity index (χ1) is 12.6. The number of aromatic hydroxyl groups is 1. The van der Waals surface area contributed by atoms with Crippen molar-refractivity contribution in [3.63, 3.8) is 0 Å². The fourth-order valence-electron chi connectivity index (χ4n) is 2.44. The summed E-state index contributed by atoms with van der Waals surface area (Å²) < 4.78 is 67.9. The number of rotatable bonds is 4. The first kappa shape index (κ1) is 18.8. The van der Waals surface area contributed by atoms with Crippen molar-refractivity contribution in [3.8, 4) is 11.4 Å². The third-order valence-corrected chi connectivity index (χ3v) is 5.12. The van der Waals surface area contributed by atoms with Gasteiger partial charge in [-0.05, 0) is 48.9 Å². The van der Waals surface area contributed by atoms with Crippen LogP contribution < -0.4 is 4.72 Å². The van der Waals surface area contributed by atoms with Gasteiger partial charge in [-0.2, -0.15) is 18.3 Å². The first-order valence-corrected chi connectivity index (χ1v) is 9.10. The highest BCUT2D eigenvalue weighted by atomic mass is 32.2. The minimum Gasteiger partial charge on any atom is -0.507 e. The molecule has 1 aromatic heterocycles. The van der Waals surface area contributed by atoms with Gasteiger partial charge in [-0.1, -0.05) is 6.07 Å². The van der Waals surface area contributed by atoms with Crippen molar-refractivity contribution in [2.75, 3.05) is 4.72 Å². The maximum Gasteiger partial charge on any atom is 0.416 e. The number of phenols is 1. The molecule has 0 amide bonds. The van der Waals surface area contributed by atoms with Gasteiger partial charge in [0.05, 0.1) is 16.9 Å². The molecule has 0 aliphatic carbocycles. The molecule has 6 nitrogen and oxygen atoms in total. The Morgan fingerprint density at radius 1 is 1.15 bits per heavy atom. The fourth-order valence-corrected chi connectivity index (χ4v) is 3.69. The van der Waals surface area contributed by atoms with Crippen LogP contribution in [0.4, 0.5) is 18.9 Å². The molecule has 0 radical (unpaired) electrons. The first-order valence-electron chi connectivity index (χ1n) is 7.61. The summed E-state index contributed by atoms with van der Waals surface area (Å²) in [5, 5.41) is 13.8. The van der Waals surface area contributed by atoms with E-state index in [0.717, 1.165) is 12.1 Å². The number of hydrogen-bond donors (Lipinski definition) is 2. The molecule has 1 heterocycles. The normalized spacial score (nSPS) is 12.1. The van der Waals surface area contributed by atoms with Crippen LogP contribution in [0.25, 0.3) is 5.69 Å². The summed E-state index contributed by atoms with van der Waals surface area (Å²) in [5.74, 6) is -0.513. The minimum absolute atomic E-state index is 0.101. The number of aromatic nitrogens is 2. The standard InChI is InChI=1S/C17H14F3N3O3S/c1-11-3-6-15(24)16(9-11)27(25,26)22-13-10-12(17(18,19)20)4-5-14(13)23-8-2-7-21-23/h2-10,22,24H,1H3. The second-order valence-electron chi connectivity index (χ2n) is 5.76. The summed E-state index contributed by atoms with van der Waals surface area (Å²) in [5.41, 5.74) is -0.688. The van der Waals surface area contributed by atoms with E-state index in [1.54, 1.807) is 13.0 Å². The van der Waals surface area contributed by atoms with Crippen LogP contribution in [0.3, 0.4) is 0 Å². The molecule has 0 bridgehead atoms. The number of sulfonamides is 1. The lowest BCUT2D eigenvalue weighted by Gasteiger charge is -2.16. The van der Waals surface area contributed by atoms with Crippen LogP contribution in [-0.2, 0) is 16.2 Å². The molecule has 3 aromatic rings. The van der Waals surface area contributed by atoms with Crippen molar-refractivity contribution in [2.45, 2.75) is 18.0 Å². The Bertz CT molecular complexity index is 1080. The summed E-state index contributed by atoms with van der Waals surface area (Å²) in [6.07, 6.45) is -1.79. The van der Waals surface area contributed by atoms with E-state index in [1.807, 2.05) is 0 Å². The number of hydrogen-bond acceptors (Lipinski definition) is 4. The minimum atomic E-state index is -4.66. The topological polar surface area (TPSA) is 84.2 Å². The lowest BCUT2D eigenvalue weighted by molar-refractivity contribution is -0.137. The smallest absolute Gasteiger partial charge is 0.416 e. The second kappa shape index (κ2) is 6.62. The molecule has 0 aliphatic heterocycles. The molecule has 0 spiro atoms. The largest absolute Gasteiger partial charge is 0.507 e. The molecular formula is C17H14F3N3O3S. The molecule has 0 aliphatic rings. The monoisotopic (exact) mass is 397 g/mol. The van der Waals surface area contributed by atoms with Crippen LogP contribution in [0.1, 0.15) is 11.1 Å². The SMILES string of the molecule is Cc1ccc(O)c(S(=O)(=O)Nc2cc(C(F)(F)F)ccc2-n2cccn2)c1. The molecule has 2 N–H and O–H groups in total. The van der Waals surface area contributed by atoms with Crippen LogP contribution in [0, 0.1) is 6.92 Å². The van der Waals surface area contributed by atoms with Crippen molar-refractivity contribution in [2.24, 2.45) is 0 Å². The molecule has 0 unspecified atom stereocenters. The highest BCUT2D eigenvalue weighted by Crippen LogP contribution is 2.35. The quantitative estimate of drug-likeness (QED) is 0.703. The summed E-state index contributed by atoms with van der Waals surface area (Å²) in [6, 6.07) is 8.10. The van der Waals surface area contributed by atoms with Gasteiger partial charge in [0, 0.05) is 12.4 Å². The zero-order valence-corrected chi connectivity index (χ0v) is 14.7. The maximum absolute atomic E-state index is 13.1. The van der Waals surface area contributed by atoms with E-state index in [4.69, 9.17) is 0 Å². The Morgan fingerprint density at radius 3 is 2.52 bits per heavy atom. The lowest BCUT2D eigenvalue weighted by Crippen LogP contribution is -2.16. The number of benzene rings is 2. The number of nitrogens with one attached hydrogen (secondary N) is 1. The third kappa shape index (κ3) is 3.90. The molecule has 10 heteroatoms. The highest BCUT2D eigenvalue weighted by Gasteiger charge is 2.32. The molecule has 3 rings (SSSR count). The van der Waals surface area contributed by atoms with E-state index < -0.39 is 32.4 Å². The van der Waals surface area contributed by atoms with Gasteiger partial charge in [0.15, 0.2) is 0 Å². The van der Waals surface area contributed by atoms with E-state index >= 15 is 0 Å². The molecule has 0 saturated carbocycles. The predicted octanol–water partition coefficient (Wildman–Crippen LogP) is 3.71. The highest BCUT2D eigenvalue weighted by molar-refractivity contribution is 7.92. The zero-order valence-electron chi connectivity index (χ0n) is 13.9. The summed E-state index contributed by atoms with van der Waals surface area (Å²) in [7, 11) is -4.35. The number of phenolic OH excluding ortho intramolecular Hbond substituents is 1. The third-order valence-electron chi connectivity index (χ3n) is 3.72. The number of alkyl halides is 3. The van der Waals surface area contributed by atoms with Crippen LogP contribution in [0.2, 0.25) is 0 Å². The van der Waals surface area contributed by atoms with E-state index in [9.17, 15) is 26.7 Å². The van der Waals surface area contributed by atoms with E-state index in [1.165, 1.54) is 35.3 Å². The maximum atomic E-state index is 13.1. The Hall–Kier alpha value is -3.01. The van der Waals surface area contributed by atoms with Crippen LogP contribution in [0.5, 0.6) is 5.75 Å². The van der Waals surface area contributed by atoms with Gasteiger partial charge in [0.2, 0.25) is 0 Å². The van der Waals surface area contributed by atoms with Crippen molar-refractivity contribution in [1.29, 1.82) is 0 Å². The lowest BCUT2D eigenvalue weighted by atomic mass is 10.1. The van der Waals surface area contributed by atoms with Gasteiger partial charge in [-0.25, -0.2) is 13.1 Å². The molecule has 0 saturated heterocycles. The molecular weight excluding hydrogens is 383 g/mol. The summed E-state index contributed by atoms with van der Waals surface area (Å²) >= 11 is 0. The number of halogens is 3. The van der Waals surface area contributed by atoms with E-state index in [2.05, 4.69) is 9.82 Å². The number of aryl methyl sites for hydroxylation is 1. The number of nitrogens with zero attached hydrogens (tertiary/aromatic N) is 2. The molecule has 142 valence electrons. The van der Waals surface area contributed by atoms with Crippen LogP contribution >= 0.6 is 0 Å². The fraction of sp³-hybridized carbons (Fsp3) is 0.118. The van der Waals surface area contributed by atoms with E-state index in [-0.39, 0.29) is 11.4 Å². The van der Waals surface area contributed by atoms with Gasteiger partial charge in [0.1, 0.15) is 10.6 Å². The Morgan fingerprint density at radius 2 is 1.89 bits per heavy atom. The van der Waals surface area contributed by atoms with Crippen molar-refractivity contribution >= 4 is 15.7 Å². The predicted molar refractivity (Wildman–Crippen MR) is 92.2 cm³/mol. The van der Waals surface area contributed by atoms with Crippen molar-refractivity contribution < 1.29 is 26.7 Å². The second-order valence-corrected chi connectivity index (χ2v) is 7.41. The summed E-state index contributed by atoms with van der Waals surface area (Å²) in [4.78, 5) is -0.439. The Labute approximate surface area is 152 Å². The van der Waals surface area contributed by atoms with Gasteiger partial charge in [-0.3, -0.25) is 4.72 Å². The average Bonchev–Trinajstić information content (AvgIpc) is 3.10. The van der Waals surface area contributed by atoms with Gasteiger partial charge in [0.25, 0.3) is 10.0 Å². The van der Waals surface area contributed by atoms with Gasteiger partial charge < -0.3 is 5.11 Å². The van der Waals surface area contributed by atoms with Crippen LogP contribution in [-0.4, -0.2) is 23.3 Å². The Kier molecular flexibility index (Phi) is 4.60. The van der Waals surface area contributed by atoms with E-state index in [0.29, 0.717) is 11.6 Å². The zero-order chi connectivity index (χ0) is 19.8. The summed E-state index contributed by atoms with van der Waals surface area (Å²) in [6.45, 7) is 1.62. The van der Waals surface area contributed by atoms with Gasteiger partial charge >= 0.3 is 6.18 Å². The van der Waals surface area contributed by atoms with Gasteiger partial charge in [-0.15, -0.1) is 0 Å². The molecule has 27 heavy (non-hydrogen) atoms. The molecule has 0 atom stereocenters. The average molecular weight is 397 g/mol. The van der Waals surface area contributed by atoms with Crippen molar-refractivity contribution in [3.05, 3.63) is 66.0 Å².